The van der Waals surface area contributed by atoms with Crippen molar-refractivity contribution in [1.82, 2.24) is 10.3 Å². The van der Waals surface area contributed by atoms with Crippen LogP contribution in [0.2, 0.25) is 0 Å². The number of aromatic nitrogens is 1. The van der Waals surface area contributed by atoms with Crippen molar-refractivity contribution in [3.63, 3.8) is 0 Å². The molecular formula is C28H31N3O5. The molecule has 1 aromatic carbocycles. The van der Waals surface area contributed by atoms with Crippen molar-refractivity contribution in [1.29, 1.82) is 0 Å². The molecule has 2 aromatic rings. The van der Waals surface area contributed by atoms with Crippen LogP contribution in [0.5, 0.6) is 0 Å². The van der Waals surface area contributed by atoms with Gasteiger partial charge in [0.1, 0.15) is 11.5 Å². The lowest BCUT2D eigenvalue weighted by atomic mass is 9.77. The van der Waals surface area contributed by atoms with Gasteiger partial charge in [-0.25, -0.2) is 0 Å². The van der Waals surface area contributed by atoms with Crippen molar-refractivity contribution in [3.05, 3.63) is 71.6 Å². The minimum absolute atomic E-state index is 0.177. The van der Waals surface area contributed by atoms with E-state index in [9.17, 15) is 14.4 Å². The number of benzene rings is 1. The average Bonchev–Trinajstić information content (AvgIpc) is 3.45. The fraction of sp³-hybridized carbons (Fsp3) is 0.429. The van der Waals surface area contributed by atoms with Gasteiger partial charge in [0, 0.05) is 17.4 Å². The lowest BCUT2D eigenvalue weighted by Gasteiger charge is -2.27. The van der Waals surface area contributed by atoms with Crippen LogP contribution in [0.4, 0.5) is 5.69 Å². The highest BCUT2D eigenvalue weighted by atomic mass is 16.6. The van der Waals surface area contributed by atoms with E-state index in [0.29, 0.717) is 12.2 Å². The molecule has 2 fully saturated rings. The highest BCUT2D eigenvalue weighted by Crippen LogP contribution is 2.53. The number of pyridine rings is 1. The van der Waals surface area contributed by atoms with Crippen LogP contribution < -0.4 is 10.2 Å². The van der Waals surface area contributed by atoms with Gasteiger partial charge < -0.3 is 19.7 Å². The quantitative estimate of drug-likeness (QED) is 0.512. The second kappa shape index (κ2) is 8.55. The van der Waals surface area contributed by atoms with E-state index in [2.05, 4.69) is 10.3 Å². The molecule has 1 spiro atoms. The fourth-order valence-corrected chi connectivity index (χ4v) is 5.49. The molecule has 0 saturated carbocycles. The van der Waals surface area contributed by atoms with Gasteiger partial charge in [-0.3, -0.25) is 19.4 Å². The van der Waals surface area contributed by atoms with Crippen LogP contribution in [0.25, 0.3) is 0 Å². The smallest absolute Gasteiger partial charge is 0.314 e. The molecule has 3 aliphatic heterocycles. The van der Waals surface area contributed by atoms with Gasteiger partial charge in [0.05, 0.1) is 24.3 Å². The molecular weight excluding hydrogens is 458 g/mol. The maximum Gasteiger partial charge on any atom is 0.314 e. The number of nitrogens with one attached hydrogen (secondary N) is 1. The first-order valence-electron chi connectivity index (χ1n) is 12.2. The molecule has 2 bridgehead atoms. The van der Waals surface area contributed by atoms with Crippen LogP contribution in [0, 0.1) is 25.7 Å². The molecule has 0 radical (unpaired) electrons. The molecule has 3 aliphatic rings. The number of anilines is 1. The predicted molar refractivity (Wildman–Crippen MR) is 133 cm³/mol. The summed E-state index contributed by atoms with van der Waals surface area (Å²) in [6.07, 6.45) is 3.44. The molecule has 8 nitrogen and oxygen atoms in total. The van der Waals surface area contributed by atoms with Crippen LogP contribution in [0.3, 0.4) is 0 Å². The Kier molecular flexibility index (Phi) is 5.75. The average molecular weight is 490 g/mol. The third-order valence-corrected chi connectivity index (χ3v) is 6.94. The number of nitrogens with zero attached hydrogens (tertiary/aromatic N) is 2. The summed E-state index contributed by atoms with van der Waals surface area (Å²) in [5.41, 5.74) is 1.78. The first-order valence-corrected chi connectivity index (χ1v) is 12.2. The van der Waals surface area contributed by atoms with Crippen LogP contribution in [-0.2, 0) is 23.9 Å². The van der Waals surface area contributed by atoms with Crippen LogP contribution in [0.15, 0.2) is 54.7 Å². The van der Waals surface area contributed by atoms with Crippen LogP contribution >= 0.6 is 0 Å². The molecule has 1 aromatic heterocycles. The Morgan fingerprint density at radius 1 is 1.22 bits per heavy atom. The number of ether oxygens (including phenoxy) is 2. The van der Waals surface area contributed by atoms with Gasteiger partial charge in [0.2, 0.25) is 12.0 Å². The maximum absolute atomic E-state index is 13.7. The van der Waals surface area contributed by atoms with Gasteiger partial charge in [-0.1, -0.05) is 35.9 Å². The number of esters is 1. The van der Waals surface area contributed by atoms with E-state index in [1.807, 2.05) is 65.0 Å². The highest BCUT2D eigenvalue weighted by Gasteiger charge is 2.67. The topological polar surface area (TPSA) is 97.8 Å². The van der Waals surface area contributed by atoms with Gasteiger partial charge in [-0.15, -0.1) is 0 Å². The summed E-state index contributed by atoms with van der Waals surface area (Å²) in [4.78, 5) is 46.4. The van der Waals surface area contributed by atoms with E-state index in [1.165, 1.54) is 0 Å². The lowest BCUT2D eigenvalue weighted by Crippen LogP contribution is -2.46. The molecule has 8 heteroatoms. The van der Waals surface area contributed by atoms with E-state index < -0.39 is 47.1 Å². The molecule has 5 atom stereocenters. The lowest BCUT2D eigenvalue weighted by molar-refractivity contribution is -0.163. The zero-order chi connectivity index (χ0) is 25.8. The summed E-state index contributed by atoms with van der Waals surface area (Å²) in [5.74, 6) is -2.88. The summed E-state index contributed by atoms with van der Waals surface area (Å²) in [6.45, 7) is 9.83. The number of hydrogen-bond donors (Lipinski definition) is 1. The highest BCUT2D eigenvalue weighted by molar-refractivity contribution is 6.03. The van der Waals surface area contributed by atoms with E-state index in [0.717, 1.165) is 16.8 Å². The van der Waals surface area contributed by atoms with Crippen molar-refractivity contribution >= 4 is 23.5 Å². The first kappa shape index (κ1) is 24.2. The zero-order valence-electron chi connectivity index (χ0n) is 21.1. The molecule has 36 heavy (non-hydrogen) atoms. The van der Waals surface area contributed by atoms with Crippen molar-refractivity contribution < 1.29 is 23.9 Å². The van der Waals surface area contributed by atoms with Crippen LogP contribution in [0.1, 0.15) is 43.7 Å². The zero-order valence-corrected chi connectivity index (χ0v) is 21.1. The Labute approximate surface area is 210 Å². The van der Waals surface area contributed by atoms with E-state index in [1.54, 1.807) is 29.3 Å². The normalized spacial score (nSPS) is 27.2. The van der Waals surface area contributed by atoms with Gasteiger partial charge in [-0.05, 0) is 58.4 Å². The van der Waals surface area contributed by atoms with E-state index >= 15 is 0 Å². The Hall–Kier alpha value is -3.52. The van der Waals surface area contributed by atoms with E-state index in [-0.39, 0.29) is 5.91 Å². The number of carbonyl (C=O) groups is 3. The molecule has 2 saturated heterocycles. The van der Waals surface area contributed by atoms with Gasteiger partial charge in [-0.2, -0.15) is 0 Å². The number of aryl methyl sites for hydroxylation is 2. The third-order valence-electron chi connectivity index (χ3n) is 6.94. The molecule has 0 aliphatic carbocycles. The Bertz CT molecular complexity index is 1250. The second-order valence-electron chi connectivity index (χ2n) is 10.9. The number of amides is 2. The standard InChI is InChI=1S/C28H31N3O5/c1-16-9-10-19(17(2)14-16)31-15-28-12-11-20(36-28)21(22(28)25(31)33)26(34)35-23(18-8-6-7-13-29-18)24(32)30-27(3,4)5/h6-14,20-23H,15H2,1-5H3,(H,30,32)/t20-,21-,22+,23-,28+/m0/s1. The summed E-state index contributed by atoms with van der Waals surface area (Å²) in [6, 6.07) is 11.0. The molecule has 2 amide bonds. The van der Waals surface area contributed by atoms with Crippen molar-refractivity contribution in [2.45, 2.75) is 58.0 Å². The van der Waals surface area contributed by atoms with Crippen molar-refractivity contribution in [2.24, 2.45) is 11.8 Å². The van der Waals surface area contributed by atoms with Crippen molar-refractivity contribution in [3.8, 4) is 0 Å². The fourth-order valence-electron chi connectivity index (χ4n) is 5.49. The monoisotopic (exact) mass is 489 g/mol. The third kappa shape index (κ3) is 4.09. The molecule has 188 valence electrons. The number of rotatable bonds is 5. The summed E-state index contributed by atoms with van der Waals surface area (Å²) in [7, 11) is 0. The Morgan fingerprint density at radius 2 is 2.00 bits per heavy atom. The van der Waals surface area contributed by atoms with Crippen molar-refractivity contribution in [2.75, 3.05) is 11.4 Å². The van der Waals surface area contributed by atoms with Crippen LogP contribution in [-0.4, -0.2) is 46.6 Å². The number of carbonyl (C=O) groups excluding carboxylic acids is 3. The van der Waals surface area contributed by atoms with Gasteiger partial charge >= 0.3 is 5.97 Å². The first-order chi connectivity index (χ1) is 17.0. The minimum Gasteiger partial charge on any atom is -0.445 e. The Morgan fingerprint density at radius 3 is 2.67 bits per heavy atom. The Balaban J connectivity index is 1.43. The maximum atomic E-state index is 13.7. The molecule has 5 rings (SSSR count). The number of fused-ring (bicyclic) bond motifs is 1. The second-order valence-corrected chi connectivity index (χ2v) is 10.9. The summed E-state index contributed by atoms with van der Waals surface area (Å²) < 4.78 is 12.1. The molecule has 1 N–H and O–H groups in total. The summed E-state index contributed by atoms with van der Waals surface area (Å²) >= 11 is 0. The van der Waals surface area contributed by atoms with Gasteiger partial charge in [0.25, 0.3) is 5.91 Å². The minimum atomic E-state index is -1.25. The molecule has 4 heterocycles. The van der Waals surface area contributed by atoms with E-state index in [4.69, 9.17) is 9.47 Å². The largest absolute Gasteiger partial charge is 0.445 e. The molecule has 0 unspecified atom stereocenters. The summed E-state index contributed by atoms with van der Waals surface area (Å²) in [5, 5.41) is 2.86. The number of hydrogen-bond acceptors (Lipinski definition) is 6. The van der Waals surface area contributed by atoms with Gasteiger partial charge in [0.15, 0.2) is 0 Å². The predicted octanol–water partition coefficient (Wildman–Crippen LogP) is 3.18. The SMILES string of the molecule is Cc1ccc(N2C[C@@]34C=C[C@H](O3)[C@H](C(=O)O[C@H](C(=O)NC(C)(C)C)c3ccccn3)[C@@H]4C2=O)c(C)c1.